The molecule has 30 heavy (non-hydrogen) atoms. The van der Waals surface area contributed by atoms with E-state index in [-0.39, 0.29) is 17.9 Å². The van der Waals surface area contributed by atoms with Crippen LogP contribution in [0, 0.1) is 10.1 Å². The Bertz CT molecular complexity index is 992. The highest BCUT2D eigenvalue weighted by molar-refractivity contribution is 5.98. The number of non-ortho nitro benzene ring substituents is 1. The Morgan fingerprint density at radius 3 is 2.23 bits per heavy atom. The van der Waals surface area contributed by atoms with Crippen LogP contribution in [0.25, 0.3) is 11.1 Å². The zero-order chi connectivity index (χ0) is 21.3. The molecule has 0 atom stereocenters. The molecule has 0 radical (unpaired) electrons. The molecule has 0 N–H and O–H groups in total. The molecule has 0 heterocycles. The van der Waals surface area contributed by atoms with Gasteiger partial charge in [0.05, 0.1) is 4.92 Å². The number of unbranched alkanes of at least 4 members (excludes halogenated alkanes) is 3. The zero-order valence-corrected chi connectivity index (χ0v) is 17.3. The monoisotopic (exact) mass is 401 g/mol. The fraction of sp³-hybridized carbons (Fsp3) is 0.269. The number of carbonyl (C=O) groups is 1. The lowest BCUT2D eigenvalue weighted by molar-refractivity contribution is -0.384. The summed E-state index contributed by atoms with van der Waals surface area (Å²) in [6.07, 6.45) is 6.24. The van der Waals surface area contributed by atoms with Gasteiger partial charge in [-0.1, -0.05) is 86.8 Å². The molecule has 0 aromatic heterocycles. The van der Waals surface area contributed by atoms with Gasteiger partial charge in [0.15, 0.2) is 5.78 Å². The smallest absolute Gasteiger partial charge is 0.269 e. The van der Waals surface area contributed by atoms with E-state index in [1.165, 1.54) is 48.9 Å². The molecule has 4 nitrogen and oxygen atoms in total. The van der Waals surface area contributed by atoms with Crippen molar-refractivity contribution >= 4 is 11.5 Å². The third kappa shape index (κ3) is 5.63. The molecule has 0 fully saturated rings. The number of ketones is 1. The first-order chi connectivity index (χ1) is 14.6. The highest BCUT2D eigenvalue weighted by atomic mass is 16.6. The SMILES string of the molecule is CCCCCCc1ccccc1-c1ccc(C(=O)Cc2ccc([N+](=O)[O-])cc2)cc1. The van der Waals surface area contributed by atoms with Crippen LogP contribution in [-0.2, 0) is 12.8 Å². The quantitative estimate of drug-likeness (QED) is 0.162. The number of hydrogen-bond donors (Lipinski definition) is 0. The number of aryl methyl sites for hydroxylation is 1. The van der Waals surface area contributed by atoms with Crippen LogP contribution in [0.4, 0.5) is 5.69 Å². The molecule has 3 aromatic carbocycles. The molecular weight excluding hydrogens is 374 g/mol. The summed E-state index contributed by atoms with van der Waals surface area (Å²) in [5.74, 6) is 0.00301. The van der Waals surface area contributed by atoms with Gasteiger partial charge in [0.2, 0.25) is 0 Å². The topological polar surface area (TPSA) is 60.2 Å². The van der Waals surface area contributed by atoms with Crippen LogP contribution in [0.5, 0.6) is 0 Å². The number of rotatable bonds is 10. The lowest BCUT2D eigenvalue weighted by atomic mass is 9.94. The van der Waals surface area contributed by atoms with Crippen molar-refractivity contribution in [2.24, 2.45) is 0 Å². The van der Waals surface area contributed by atoms with Gasteiger partial charge in [0.25, 0.3) is 5.69 Å². The average molecular weight is 402 g/mol. The van der Waals surface area contributed by atoms with Gasteiger partial charge in [0, 0.05) is 24.1 Å². The van der Waals surface area contributed by atoms with E-state index >= 15 is 0 Å². The van der Waals surface area contributed by atoms with Crippen LogP contribution < -0.4 is 0 Å². The fourth-order valence-corrected chi connectivity index (χ4v) is 3.62. The van der Waals surface area contributed by atoms with Crippen molar-refractivity contribution in [2.45, 2.75) is 45.4 Å². The van der Waals surface area contributed by atoms with Crippen molar-refractivity contribution < 1.29 is 9.72 Å². The van der Waals surface area contributed by atoms with Gasteiger partial charge in [-0.2, -0.15) is 0 Å². The minimum atomic E-state index is -0.439. The first-order valence-electron chi connectivity index (χ1n) is 10.5. The summed E-state index contributed by atoms with van der Waals surface area (Å²) >= 11 is 0. The maximum absolute atomic E-state index is 12.6. The second-order valence-electron chi connectivity index (χ2n) is 7.57. The molecule has 3 rings (SSSR count). The van der Waals surface area contributed by atoms with Gasteiger partial charge in [-0.05, 0) is 35.1 Å². The summed E-state index contributed by atoms with van der Waals surface area (Å²) in [4.78, 5) is 22.9. The summed E-state index contributed by atoms with van der Waals surface area (Å²) in [6, 6.07) is 22.4. The third-order valence-electron chi connectivity index (χ3n) is 5.35. The summed E-state index contributed by atoms with van der Waals surface area (Å²) in [5, 5.41) is 10.8. The van der Waals surface area contributed by atoms with Crippen LogP contribution in [-0.4, -0.2) is 10.7 Å². The van der Waals surface area contributed by atoms with Crippen molar-refractivity contribution in [3.05, 3.63) is 99.6 Å². The maximum atomic E-state index is 12.6. The van der Waals surface area contributed by atoms with Crippen LogP contribution in [0.1, 0.15) is 54.1 Å². The minimum absolute atomic E-state index is 0.00301. The Hall–Kier alpha value is -3.27. The highest BCUT2D eigenvalue weighted by Gasteiger charge is 2.11. The van der Waals surface area contributed by atoms with Crippen molar-refractivity contribution in [3.8, 4) is 11.1 Å². The van der Waals surface area contributed by atoms with Gasteiger partial charge >= 0.3 is 0 Å². The molecule has 0 unspecified atom stereocenters. The molecule has 0 aliphatic carbocycles. The first-order valence-corrected chi connectivity index (χ1v) is 10.5. The van der Waals surface area contributed by atoms with E-state index < -0.39 is 4.92 Å². The van der Waals surface area contributed by atoms with Gasteiger partial charge in [-0.3, -0.25) is 14.9 Å². The second-order valence-corrected chi connectivity index (χ2v) is 7.57. The molecule has 3 aromatic rings. The zero-order valence-electron chi connectivity index (χ0n) is 17.3. The molecule has 0 aliphatic heterocycles. The number of hydrogen-bond acceptors (Lipinski definition) is 3. The predicted molar refractivity (Wildman–Crippen MR) is 121 cm³/mol. The second kappa shape index (κ2) is 10.5. The fourth-order valence-electron chi connectivity index (χ4n) is 3.62. The van der Waals surface area contributed by atoms with E-state index in [0.29, 0.717) is 5.56 Å². The molecular formula is C26H27NO3. The Labute approximate surface area is 177 Å². The summed E-state index contributed by atoms with van der Waals surface area (Å²) in [5.41, 5.74) is 5.14. The van der Waals surface area contributed by atoms with Crippen LogP contribution in [0.15, 0.2) is 72.8 Å². The van der Waals surface area contributed by atoms with E-state index in [0.717, 1.165) is 17.5 Å². The molecule has 0 aliphatic rings. The molecule has 0 spiro atoms. The molecule has 154 valence electrons. The number of nitro groups is 1. The molecule has 0 amide bonds. The largest absolute Gasteiger partial charge is 0.294 e. The van der Waals surface area contributed by atoms with E-state index in [9.17, 15) is 14.9 Å². The number of carbonyl (C=O) groups excluding carboxylic acids is 1. The van der Waals surface area contributed by atoms with Gasteiger partial charge in [-0.25, -0.2) is 0 Å². The van der Waals surface area contributed by atoms with E-state index in [2.05, 4.69) is 31.2 Å². The van der Waals surface area contributed by atoms with Gasteiger partial charge in [0.1, 0.15) is 0 Å². The lowest BCUT2D eigenvalue weighted by Crippen LogP contribution is -2.03. The van der Waals surface area contributed by atoms with E-state index in [1.807, 2.05) is 24.3 Å². The Kier molecular flexibility index (Phi) is 7.50. The normalized spacial score (nSPS) is 10.7. The number of nitrogens with zero attached hydrogens (tertiary/aromatic N) is 1. The van der Waals surface area contributed by atoms with E-state index in [1.54, 1.807) is 12.1 Å². The molecule has 0 saturated heterocycles. The van der Waals surface area contributed by atoms with Crippen LogP contribution >= 0.6 is 0 Å². The standard InChI is InChI=1S/C26H27NO3/c1-2-3-4-5-8-21-9-6-7-10-25(21)22-13-15-23(16-14-22)26(28)19-20-11-17-24(18-12-20)27(29)30/h6-7,9-18H,2-5,8,19H2,1H3. The third-order valence-corrected chi connectivity index (χ3v) is 5.35. The Morgan fingerprint density at radius 1 is 0.867 bits per heavy atom. The number of nitro benzene ring substituents is 1. The minimum Gasteiger partial charge on any atom is -0.294 e. The van der Waals surface area contributed by atoms with Crippen molar-refractivity contribution in [1.29, 1.82) is 0 Å². The lowest BCUT2D eigenvalue weighted by Gasteiger charge is -2.10. The summed E-state index contributed by atoms with van der Waals surface area (Å²) in [7, 11) is 0. The van der Waals surface area contributed by atoms with E-state index in [4.69, 9.17) is 0 Å². The Morgan fingerprint density at radius 2 is 1.57 bits per heavy atom. The van der Waals surface area contributed by atoms with Crippen LogP contribution in [0.2, 0.25) is 0 Å². The van der Waals surface area contributed by atoms with Crippen LogP contribution in [0.3, 0.4) is 0 Å². The van der Waals surface area contributed by atoms with Crippen molar-refractivity contribution in [1.82, 2.24) is 0 Å². The maximum Gasteiger partial charge on any atom is 0.269 e. The molecule has 0 saturated carbocycles. The Balaban J connectivity index is 1.69. The number of Topliss-reactive ketones (excluding diaryl/α,β-unsaturated/α-hetero) is 1. The average Bonchev–Trinajstić information content (AvgIpc) is 2.77. The molecule has 4 heteroatoms. The van der Waals surface area contributed by atoms with Crippen molar-refractivity contribution in [2.75, 3.05) is 0 Å². The predicted octanol–water partition coefficient (Wildman–Crippen LogP) is 6.81. The van der Waals surface area contributed by atoms with Crippen molar-refractivity contribution in [3.63, 3.8) is 0 Å². The highest BCUT2D eigenvalue weighted by Crippen LogP contribution is 2.26. The van der Waals surface area contributed by atoms with Gasteiger partial charge < -0.3 is 0 Å². The summed E-state index contributed by atoms with van der Waals surface area (Å²) < 4.78 is 0. The first kappa shape index (κ1) is 21.4. The van der Waals surface area contributed by atoms with Gasteiger partial charge in [-0.15, -0.1) is 0 Å². The molecule has 0 bridgehead atoms. The summed E-state index contributed by atoms with van der Waals surface area (Å²) in [6.45, 7) is 2.22. The number of benzene rings is 3.